The fourth-order valence-corrected chi connectivity index (χ4v) is 2.31. The maximum absolute atomic E-state index is 5.69. The van der Waals surface area contributed by atoms with E-state index in [-0.39, 0.29) is 0 Å². The summed E-state index contributed by atoms with van der Waals surface area (Å²) in [4.78, 5) is 1.27. The average Bonchev–Trinajstić information content (AvgIpc) is 2.69. The van der Waals surface area contributed by atoms with E-state index in [4.69, 9.17) is 10.2 Å². The second-order valence-corrected chi connectivity index (χ2v) is 4.46. The van der Waals surface area contributed by atoms with Gasteiger partial charge in [0, 0.05) is 21.9 Å². The second kappa shape index (κ2) is 4.45. The first-order chi connectivity index (χ1) is 7.25. The Morgan fingerprint density at radius 2 is 2.20 bits per heavy atom. The molecule has 0 amide bonds. The van der Waals surface area contributed by atoms with Crippen molar-refractivity contribution in [1.29, 1.82) is 0 Å². The molecule has 0 radical (unpaired) electrons. The van der Waals surface area contributed by atoms with Crippen LogP contribution in [0.15, 0.2) is 46.1 Å². The van der Waals surface area contributed by atoms with E-state index in [0.29, 0.717) is 0 Å². The first-order valence-corrected chi connectivity index (χ1v) is 5.74. The molecule has 1 aromatic carbocycles. The molecule has 2 aromatic rings. The van der Waals surface area contributed by atoms with Gasteiger partial charge in [0.25, 0.3) is 0 Å². The van der Waals surface area contributed by atoms with E-state index >= 15 is 0 Å². The molecule has 0 aliphatic heterocycles. The van der Waals surface area contributed by atoms with Gasteiger partial charge in [-0.25, -0.2) is 0 Å². The molecule has 0 fully saturated rings. The Morgan fingerprint density at radius 1 is 1.33 bits per heavy atom. The van der Waals surface area contributed by atoms with Crippen molar-refractivity contribution in [3.63, 3.8) is 0 Å². The molecule has 2 N–H and O–H groups in total. The Balaban J connectivity index is 2.05. The van der Waals surface area contributed by atoms with Crippen molar-refractivity contribution < 1.29 is 4.42 Å². The van der Waals surface area contributed by atoms with Crippen molar-refractivity contribution in [2.75, 3.05) is 5.73 Å². The molecule has 0 saturated carbocycles. The Morgan fingerprint density at radius 3 is 2.87 bits per heavy atom. The molecule has 0 spiro atoms. The summed E-state index contributed by atoms with van der Waals surface area (Å²) in [6.45, 7) is 2.08. The molecular weight excluding hydrogens is 206 g/mol. The molecule has 78 valence electrons. The van der Waals surface area contributed by atoms with Gasteiger partial charge in [0.05, 0.1) is 12.5 Å². The third-order valence-electron chi connectivity index (χ3n) is 2.17. The van der Waals surface area contributed by atoms with Crippen molar-refractivity contribution >= 4 is 17.4 Å². The molecule has 0 saturated heterocycles. The molecule has 15 heavy (non-hydrogen) atoms. The van der Waals surface area contributed by atoms with Gasteiger partial charge in [-0.15, -0.1) is 11.8 Å². The van der Waals surface area contributed by atoms with Crippen LogP contribution in [0, 0.1) is 6.92 Å². The molecular formula is C12H13NOS. The van der Waals surface area contributed by atoms with Crippen LogP contribution in [0.5, 0.6) is 0 Å². The summed E-state index contributed by atoms with van der Waals surface area (Å²) in [6.07, 6.45) is 3.48. The summed E-state index contributed by atoms with van der Waals surface area (Å²) in [6, 6.07) is 7.98. The van der Waals surface area contributed by atoms with Crippen LogP contribution in [-0.2, 0) is 5.75 Å². The summed E-state index contributed by atoms with van der Waals surface area (Å²) < 4.78 is 5.02. The van der Waals surface area contributed by atoms with Gasteiger partial charge in [-0.2, -0.15) is 0 Å². The molecule has 2 nitrogen and oxygen atoms in total. The van der Waals surface area contributed by atoms with Crippen LogP contribution in [0.4, 0.5) is 5.69 Å². The van der Waals surface area contributed by atoms with E-state index < -0.39 is 0 Å². The molecule has 0 aliphatic rings. The van der Waals surface area contributed by atoms with E-state index in [2.05, 4.69) is 13.0 Å². The van der Waals surface area contributed by atoms with Crippen LogP contribution in [-0.4, -0.2) is 0 Å². The van der Waals surface area contributed by atoms with Crippen molar-refractivity contribution in [3.05, 3.63) is 47.9 Å². The van der Waals surface area contributed by atoms with Gasteiger partial charge in [0.2, 0.25) is 0 Å². The van der Waals surface area contributed by atoms with Crippen LogP contribution in [0.2, 0.25) is 0 Å². The van der Waals surface area contributed by atoms with Crippen LogP contribution in [0.3, 0.4) is 0 Å². The standard InChI is InChI=1S/C12H13NOS/c1-9-6-11(13)2-3-12(9)15-8-10-4-5-14-7-10/h2-7H,8,13H2,1H3. The summed E-state index contributed by atoms with van der Waals surface area (Å²) in [5.74, 6) is 0.932. The van der Waals surface area contributed by atoms with Crippen molar-refractivity contribution in [2.45, 2.75) is 17.6 Å². The number of furan rings is 1. The zero-order chi connectivity index (χ0) is 10.7. The number of thioether (sulfide) groups is 1. The second-order valence-electron chi connectivity index (χ2n) is 3.45. The lowest BCUT2D eigenvalue weighted by Gasteiger charge is -2.05. The smallest absolute Gasteiger partial charge is 0.0943 e. The normalized spacial score (nSPS) is 10.5. The fraction of sp³-hybridized carbons (Fsp3) is 0.167. The third kappa shape index (κ3) is 2.57. The zero-order valence-corrected chi connectivity index (χ0v) is 9.38. The van der Waals surface area contributed by atoms with E-state index in [1.807, 2.05) is 18.2 Å². The number of rotatable bonds is 3. The first kappa shape index (κ1) is 10.2. The summed E-state index contributed by atoms with van der Waals surface area (Å²) >= 11 is 1.80. The Hall–Kier alpha value is -1.35. The molecule has 2 rings (SSSR count). The highest BCUT2D eigenvalue weighted by molar-refractivity contribution is 7.98. The molecule has 0 unspecified atom stereocenters. The number of benzene rings is 1. The topological polar surface area (TPSA) is 39.2 Å². The van der Waals surface area contributed by atoms with Crippen molar-refractivity contribution in [1.82, 2.24) is 0 Å². The molecule has 0 bridgehead atoms. The SMILES string of the molecule is Cc1cc(N)ccc1SCc1ccoc1. The minimum absolute atomic E-state index is 0.820. The van der Waals surface area contributed by atoms with Gasteiger partial charge in [0.15, 0.2) is 0 Å². The van der Waals surface area contributed by atoms with Gasteiger partial charge in [0.1, 0.15) is 0 Å². The Kier molecular flexibility index (Phi) is 3.02. The lowest BCUT2D eigenvalue weighted by atomic mass is 10.2. The van der Waals surface area contributed by atoms with Crippen LogP contribution < -0.4 is 5.73 Å². The highest BCUT2D eigenvalue weighted by Gasteiger charge is 2.01. The lowest BCUT2D eigenvalue weighted by Crippen LogP contribution is -1.87. The van der Waals surface area contributed by atoms with Crippen LogP contribution in [0.25, 0.3) is 0 Å². The van der Waals surface area contributed by atoms with Gasteiger partial charge in [-0.1, -0.05) is 0 Å². The average molecular weight is 219 g/mol. The third-order valence-corrected chi connectivity index (χ3v) is 3.42. The summed E-state index contributed by atoms with van der Waals surface area (Å²) in [5, 5.41) is 0. The lowest BCUT2D eigenvalue weighted by molar-refractivity contribution is 0.565. The maximum Gasteiger partial charge on any atom is 0.0943 e. The summed E-state index contributed by atoms with van der Waals surface area (Å²) in [5.41, 5.74) is 8.94. The zero-order valence-electron chi connectivity index (χ0n) is 8.57. The van der Waals surface area contributed by atoms with Gasteiger partial charge < -0.3 is 10.2 Å². The van der Waals surface area contributed by atoms with Crippen molar-refractivity contribution in [2.24, 2.45) is 0 Å². The maximum atomic E-state index is 5.69. The highest BCUT2D eigenvalue weighted by atomic mass is 32.2. The van der Waals surface area contributed by atoms with E-state index in [1.165, 1.54) is 16.0 Å². The van der Waals surface area contributed by atoms with Gasteiger partial charge in [-0.3, -0.25) is 0 Å². The number of nitrogens with two attached hydrogens (primary N) is 1. The van der Waals surface area contributed by atoms with Crippen molar-refractivity contribution in [3.8, 4) is 0 Å². The largest absolute Gasteiger partial charge is 0.472 e. The predicted molar refractivity (Wildman–Crippen MR) is 63.9 cm³/mol. The molecule has 1 aromatic heterocycles. The number of aryl methyl sites for hydroxylation is 1. The van der Waals surface area contributed by atoms with Gasteiger partial charge in [-0.05, 0) is 36.8 Å². The van der Waals surface area contributed by atoms with E-state index in [9.17, 15) is 0 Å². The quantitative estimate of drug-likeness (QED) is 0.634. The summed E-state index contributed by atoms with van der Waals surface area (Å²) in [7, 11) is 0. The monoisotopic (exact) mass is 219 g/mol. The molecule has 3 heteroatoms. The van der Waals surface area contributed by atoms with E-state index in [1.54, 1.807) is 24.3 Å². The van der Waals surface area contributed by atoms with E-state index in [0.717, 1.165) is 11.4 Å². The number of nitrogen functional groups attached to an aromatic ring is 1. The minimum Gasteiger partial charge on any atom is -0.472 e. The van der Waals surface area contributed by atoms with Gasteiger partial charge >= 0.3 is 0 Å². The molecule has 0 atom stereocenters. The minimum atomic E-state index is 0.820. The Labute approximate surface area is 93.5 Å². The highest BCUT2D eigenvalue weighted by Crippen LogP contribution is 2.27. The fourth-order valence-electron chi connectivity index (χ4n) is 1.37. The molecule has 1 heterocycles. The number of hydrogen-bond donors (Lipinski definition) is 1. The van der Waals surface area contributed by atoms with Crippen LogP contribution in [0.1, 0.15) is 11.1 Å². The number of hydrogen-bond acceptors (Lipinski definition) is 3. The van der Waals surface area contributed by atoms with Crippen LogP contribution >= 0.6 is 11.8 Å². The number of anilines is 1. The predicted octanol–water partition coefficient (Wildman–Crippen LogP) is 3.46. The molecule has 0 aliphatic carbocycles. The Bertz CT molecular complexity index is 437. The first-order valence-electron chi connectivity index (χ1n) is 4.76.